The molecular weight excluding hydrogens is 316 g/mol. The van der Waals surface area contributed by atoms with Crippen LogP contribution in [-0.4, -0.2) is 30.5 Å². The van der Waals surface area contributed by atoms with Gasteiger partial charge in [-0.15, -0.1) is 0 Å². The van der Waals surface area contributed by atoms with Crippen LogP contribution in [0.4, 0.5) is 0 Å². The second kappa shape index (κ2) is 6.13. The molecule has 0 aliphatic heterocycles. The molecule has 0 bridgehead atoms. The maximum absolute atomic E-state index is 11.7. The Hall–Kier alpha value is -3.01. The number of hydrogen-bond donors (Lipinski definition) is 1. The van der Waals surface area contributed by atoms with Gasteiger partial charge in [0.2, 0.25) is 0 Å². The fraction of sp³-hybridized carbons (Fsp3) is 0.389. The highest BCUT2D eigenvalue weighted by molar-refractivity contribution is 5.90. The summed E-state index contributed by atoms with van der Waals surface area (Å²) >= 11 is 0. The number of aromatic nitrogens is 5. The van der Waals surface area contributed by atoms with Gasteiger partial charge in [0.1, 0.15) is 17.8 Å². The summed E-state index contributed by atoms with van der Waals surface area (Å²) in [4.78, 5) is 23.4. The Morgan fingerprint density at radius 1 is 1.44 bits per heavy atom. The van der Waals surface area contributed by atoms with E-state index in [9.17, 15) is 10.1 Å². The molecule has 3 aromatic heterocycles. The van der Waals surface area contributed by atoms with E-state index in [0.717, 1.165) is 28.7 Å². The van der Waals surface area contributed by atoms with Crippen LogP contribution in [0.2, 0.25) is 0 Å². The van der Waals surface area contributed by atoms with Crippen molar-refractivity contribution >= 4 is 16.8 Å². The second-order valence-electron chi connectivity index (χ2n) is 6.62. The molecular formula is C18H18N6O. The molecule has 1 fully saturated rings. The van der Waals surface area contributed by atoms with Gasteiger partial charge in [-0.1, -0.05) is 0 Å². The molecule has 1 aliphatic rings. The van der Waals surface area contributed by atoms with Crippen LogP contribution in [0.25, 0.3) is 22.3 Å². The monoisotopic (exact) mass is 334 g/mol. The van der Waals surface area contributed by atoms with Crippen molar-refractivity contribution in [3.63, 3.8) is 0 Å². The molecule has 0 amide bonds. The topological polar surface area (TPSA) is 100 Å². The van der Waals surface area contributed by atoms with Crippen molar-refractivity contribution in [3.8, 4) is 17.3 Å². The van der Waals surface area contributed by atoms with E-state index >= 15 is 0 Å². The fourth-order valence-corrected chi connectivity index (χ4v) is 3.79. The van der Waals surface area contributed by atoms with E-state index in [-0.39, 0.29) is 23.7 Å². The molecule has 126 valence electrons. The first-order valence-electron chi connectivity index (χ1n) is 8.41. The maximum Gasteiger partial charge on any atom is 0.141 e. The van der Waals surface area contributed by atoms with Crippen LogP contribution >= 0.6 is 0 Å². The van der Waals surface area contributed by atoms with Crippen LogP contribution in [0.5, 0.6) is 0 Å². The third-order valence-electron chi connectivity index (χ3n) is 5.02. The summed E-state index contributed by atoms with van der Waals surface area (Å²) in [5, 5.41) is 14.9. The summed E-state index contributed by atoms with van der Waals surface area (Å²) < 4.78 is 1.84. The number of aromatic amines is 1. The first-order chi connectivity index (χ1) is 12.2. The SMILES string of the molecule is CC(C#N)C(C1CCC(=O)C1)n1cc(-c2ncnc3[nH]ccc23)cn1. The molecule has 3 heterocycles. The van der Waals surface area contributed by atoms with E-state index in [1.165, 1.54) is 6.33 Å². The molecule has 25 heavy (non-hydrogen) atoms. The highest BCUT2D eigenvalue weighted by Crippen LogP contribution is 2.37. The molecule has 0 saturated heterocycles. The average molecular weight is 334 g/mol. The van der Waals surface area contributed by atoms with Gasteiger partial charge in [-0.2, -0.15) is 10.4 Å². The summed E-state index contributed by atoms with van der Waals surface area (Å²) in [5.74, 6) is 0.214. The van der Waals surface area contributed by atoms with Gasteiger partial charge in [0.25, 0.3) is 0 Å². The van der Waals surface area contributed by atoms with Crippen LogP contribution in [0.1, 0.15) is 32.2 Å². The molecule has 3 atom stereocenters. The van der Waals surface area contributed by atoms with E-state index in [1.807, 2.05) is 30.1 Å². The van der Waals surface area contributed by atoms with Crippen molar-refractivity contribution in [1.29, 1.82) is 5.26 Å². The minimum atomic E-state index is -0.221. The Balaban J connectivity index is 1.72. The number of rotatable bonds is 4. The van der Waals surface area contributed by atoms with Crippen molar-refractivity contribution in [3.05, 3.63) is 31.0 Å². The quantitative estimate of drug-likeness (QED) is 0.790. The van der Waals surface area contributed by atoms with E-state index in [2.05, 4.69) is 26.1 Å². The smallest absolute Gasteiger partial charge is 0.141 e. The molecule has 3 aromatic rings. The molecule has 0 radical (unpaired) electrons. The number of nitriles is 1. The first-order valence-corrected chi connectivity index (χ1v) is 8.41. The Morgan fingerprint density at radius 3 is 3.08 bits per heavy atom. The first kappa shape index (κ1) is 15.5. The molecule has 1 aliphatic carbocycles. The van der Waals surface area contributed by atoms with Gasteiger partial charge in [0, 0.05) is 36.2 Å². The normalized spacial score (nSPS) is 19.8. The third-order valence-corrected chi connectivity index (χ3v) is 5.02. The second-order valence-corrected chi connectivity index (χ2v) is 6.62. The van der Waals surface area contributed by atoms with E-state index < -0.39 is 0 Å². The Labute approximate surface area is 144 Å². The van der Waals surface area contributed by atoms with Gasteiger partial charge >= 0.3 is 0 Å². The lowest BCUT2D eigenvalue weighted by molar-refractivity contribution is -0.117. The summed E-state index contributed by atoms with van der Waals surface area (Å²) in [5.41, 5.74) is 2.47. The largest absolute Gasteiger partial charge is 0.346 e. The molecule has 1 N–H and O–H groups in total. The predicted octanol–water partition coefficient (Wildman–Crippen LogP) is 2.89. The minimum absolute atomic E-state index is 0.103. The van der Waals surface area contributed by atoms with Gasteiger partial charge in [-0.3, -0.25) is 9.48 Å². The summed E-state index contributed by atoms with van der Waals surface area (Å²) in [6.45, 7) is 1.89. The lowest BCUT2D eigenvalue weighted by Crippen LogP contribution is -2.24. The molecule has 1 saturated carbocycles. The van der Waals surface area contributed by atoms with E-state index in [4.69, 9.17) is 0 Å². The zero-order valence-electron chi connectivity index (χ0n) is 13.9. The number of ketones is 1. The van der Waals surface area contributed by atoms with Crippen LogP contribution < -0.4 is 0 Å². The Morgan fingerprint density at radius 2 is 2.32 bits per heavy atom. The van der Waals surface area contributed by atoms with Gasteiger partial charge in [-0.25, -0.2) is 9.97 Å². The number of H-pyrrole nitrogens is 1. The predicted molar refractivity (Wildman–Crippen MR) is 91.3 cm³/mol. The van der Waals surface area contributed by atoms with Crippen molar-refractivity contribution < 1.29 is 4.79 Å². The minimum Gasteiger partial charge on any atom is -0.346 e. The van der Waals surface area contributed by atoms with E-state index in [1.54, 1.807) is 6.20 Å². The number of Topliss-reactive ketones (excluding diaryl/α,β-unsaturated/α-hetero) is 1. The zero-order chi connectivity index (χ0) is 17.4. The number of hydrogen-bond acceptors (Lipinski definition) is 5. The maximum atomic E-state index is 11.7. The number of fused-ring (bicyclic) bond motifs is 1. The molecule has 3 unspecified atom stereocenters. The number of nitrogens with one attached hydrogen (secondary N) is 1. The van der Waals surface area contributed by atoms with E-state index in [0.29, 0.717) is 12.8 Å². The van der Waals surface area contributed by atoms with Crippen molar-refractivity contribution in [1.82, 2.24) is 24.7 Å². The summed E-state index contributed by atoms with van der Waals surface area (Å²) in [7, 11) is 0. The lowest BCUT2D eigenvalue weighted by atomic mass is 9.89. The Kier molecular flexibility index (Phi) is 3.80. The average Bonchev–Trinajstić information content (AvgIpc) is 3.35. The number of nitrogens with zero attached hydrogens (tertiary/aromatic N) is 5. The highest BCUT2D eigenvalue weighted by Gasteiger charge is 2.34. The van der Waals surface area contributed by atoms with Crippen molar-refractivity contribution in [2.24, 2.45) is 11.8 Å². The molecule has 7 heteroatoms. The summed E-state index contributed by atoms with van der Waals surface area (Å²) in [6.07, 6.45) is 9.00. The van der Waals surface area contributed by atoms with Crippen LogP contribution in [0.3, 0.4) is 0 Å². The molecule has 0 aromatic carbocycles. The Bertz CT molecular complexity index is 965. The number of carbonyl (C=O) groups excluding carboxylic acids is 1. The van der Waals surface area contributed by atoms with Gasteiger partial charge in [-0.05, 0) is 25.3 Å². The van der Waals surface area contributed by atoms with Gasteiger partial charge in [0.05, 0.1) is 29.9 Å². The van der Waals surface area contributed by atoms with Crippen LogP contribution in [0, 0.1) is 23.2 Å². The standard InChI is InChI=1S/C18H18N6O/c1-11(7-19)17(12-2-3-14(25)6-12)24-9-13(8-23-24)16-15-4-5-20-18(15)22-10-21-16/h4-5,8-12,17H,2-3,6H2,1H3,(H,20,21,22). The lowest BCUT2D eigenvalue weighted by Gasteiger charge is -2.25. The van der Waals surface area contributed by atoms with Crippen molar-refractivity contribution in [2.75, 3.05) is 0 Å². The third kappa shape index (κ3) is 2.70. The molecule has 4 rings (SSSR count). The molecule has 0 spiro atoms. The summed E-state index contributed by atoms with van der Waals surface area (Å²) in [6, 6.07) is 4.16. The van der Waals surface area contributed by atoms with Crippen LogP contribution in [0.15, 0.2) is 31.0 Å². The molecule has 7 nitrogen and oxygen atoms in total. The van der Waals surface area contributed by atoms with Crippen molar-refractivity contribution in [2.45, 2.75) is 32.2 Å². The van der Waals surface area contributed by atoms with Gasteiger partial charge in [0.15, 0.2) is 0 Å². The fourth-order valence-electron chi connectivity index (χ4n) is 3.79. The highest BCUT2D eigenvalue weighted by atomic mass is 16.1. The van der Waals surface area contributed by atoms with Crippen LogP contribution in [-0.2, 0) is 4.79 Å². The number of carbonyl (C=O) groups is 1. The zero-order valence-corrected chi connectivity index (χ0v) is 13.9. The van der Waals surface area contributed by atoms with Gasteiger partial charge < -0.3 is 4.98 Å².